The summed E-state index contributed by atoms with van der Waals surface area (Å²) in [5, 5.41) is 5.50. The van der Waals surface area contributed by atoms with Crippen molar-refractivity contribution in [1.29, 1.82) is 0 Å². The molecule has 138 valence electrons. The molecule has 0 aliphatic heterocycles. The van der Waals surface area contributed by atoms with E-state index in [0.717, 1.165) is 34.5 Å². The quantitative estimate of drug-likeness (QED) is 0.702. The Morgan fingerprint density at radius 3 is 2.37 bits per heavy atom. The van der Waals surface area contributed by atoms with E-state index in [1.807, 2.05) is 32.9 Å². The van der Waals surface area contributed by atoms with E-state index in [2.05, 4.69) is 20.6 Å². The molecule has 1 aromatic heterocycles. The highest BCUT2D eigenvalue weighted by Gasteiger charge is 2.13. The maximum absolute atomic E-state index is 13.7. The zero-order valence-electron chi connectivity index (χ0n) is 15.1. The van der Waals surface area contributed by atoms with Crippen molar-refractivity contribution in [2.24, 2.45) is 0 Å². The summed E-state index contributed by atoms with van der Waals surface area (Å²) in [5.74, 6) is -1.95. The van der Waals surface area contributed by atoms with Crippen molar-refractivity contribution < 1.29 is 13.6 Å². The number of amides is 1. The van der Waals surface area contributed by atoms with Crippen molar-refractivity contribution in [2.75, 3.05) is 10.6 Å². The fourth-order valence-corrected chi connectivity index (χ4v) is 2.81. The van der Waals surface area contributed by atoms with Gasteiger partial charge in [0.1, 0.15) is 17.3 Å². The third kappa shape index (κ3) is 4.25. The topological polar surface area (TPSA) is 66.9 Å². The lowest BCUT2D eigenvalue weighted by atomic mass is 10.1. The van der Waals surface area contributed by atoms with E-state index >= 15 is 0 Å². The van der Waals surface area contributed by atoms with E-state index in [1.165, 1.54) is 12.3 Å². The van der Waals surface area contributed by atoms with Gasteiger partial charge in [-0.05, 0) is 50.1 Å². The van der Waals surface area contributed by atoms with Gasteiger partial charge in [-0.3, -0.25) is 4.79 Å². The number of aryl methyl sites for hydroxylation is 3. The smallest absolute Gasteiger partial charge is 0.274 e. The summed E-state index contributed by atoms with van der Waals surface area (Å²) >= 11 is 0. The van der Waals surface area contributed by atoms with E-state index in [-0.39, 0.29) is 17.3 Å². The van der Waals surface area contributed by atoms with Gasteiger partial charge in [-0.25, -0.2) is 18.7 Å². The maximum atomic E-state index is 13.7. The van der Waals surface area contributed by atoms with Crippen LogP contribution in [0.1, 0.15) is 27.2 Å². The molecule has 0 spiro atoms. The largest absolute Gasteiger partial charge is 0.324 e. The van der Waals surface area contributed by atoms with Gasteiger partial charge in [0.05, 0.1) is 5.69 Å². The predicted octanol–water partition coefficient (Wildman–Crippen LogP) is 4.68. The van der Waals surface area contributed by atoms with Gasteiger partial charge in [-0.2, -0.15) is 0 Å². The van der Waals surface area contributed by atoms with Crippen LogP contribution in [0, 0.1) is 32.4 Å². The summed E-state index contributed by atoms with van der Waals surface area (Å²) < 4.78 is 26.7. The first kappa shape index (κ1) is 18.4. The zero-order chi connectivity index (χ0) is 19.6. The molecule has 0 saturated carbocycles. The van der Waals surface area contributed by atoms with E-state index in [1.54, 1.807) is 0 Å². The molecule has 27 heavy (non-hydrogen) atoms. The summed E-state index contributed by atoms with van der Waals surface area (Å²) in [6.45, 7) is 5.95. The van der Waals surface area contributed by atoms with Crippen LogP contribution in [0.5, 0.6) is 0 Å². The first-order valence-corrected chi connectivity index (χ1v) is 8.28. The molecule has 0 fully saturated rings. The number of nitrogens with zero attached hydrogens (tertiary/aromatic N) is 2. The van der Waals surface area contributed by atoms with Crippen LogP contribution >= 0.6 is 0 Å². The van der Waals surface area contributed by atoms with Crippen LogP contribution in [-0.4, -0.2) is 15.9 Å². The van der Waals surface area contributed by atoms with Gasteiger partial charge in [0.15, 0.2) is 0 Å². The molecule has 2 N–H and O–H groups in total. The van der Waals surface area contributed by atoms with Gasteiger partial charge in [0.2, 0.25) is 5.95 Å². The van der Waals surface area contributed by atoms with Gasteiger partial charge in [0.25, 0.3) is 5.91 Å². The van der Waals surface area contributed by atoms with Crippen LogP contribution in [0.15, 0.2) is 42.6 Å². The Labute approximate surface area is 155 Å². The summed E-state index contributed by atoms with van der Waals surface area (Å²) in [6, 6.07) is 8.39. The van der Waals surface area contributed by atoms with E-state index in [9.17, 15) is 13.6 Å². The van der Waals surface area contributed by atoms with E-state index < -0.39 is 17.5 Å². The van der Waals surface area contributed by atoms with Crippen LogP contribution in [0.4, 0.5) is 26.1 Å². The van der Waals surface area contributed by atoms with Crippen molar-refractivity contribution in [3.63, 3.8) is 0 Å². The van der Waals surface area contributed by atoms with Crippen molar-refractivity contribution >= 4 is 23.2 Å². The Morgan fingerprint density at radius 1 is 1.00 bits per heavy atom. The summed E-state index contributed by atoms with van der Waals surface area (Å²) in [7, 11) is 0. The van der Waals surface area contributed by atoms with Crippen molar-refractivity contribution in [3.05, 3.63) is 76.6 Å². The number of carbonyl (C=O) groups excluding carboxylic acids is 1. The van der Waals surface area contributed by atoms with Crippen LogP contribution in [0.3, 0.4) is 0 Å². The minimum absolute atomic E-state index is 0.0543. The van der Waals surface area contributed by atoms with Crippen LogP contribution < -0.4 is 10.6 Å². The highest BCUT2D eigenvalue weighted by Crippen LogP contribution is 2.24. The molecule has 0 radical (unpaired) electrons. The van der Waals surface area contributed by atoms with Crippen molar-refractivity contribution in [3.8, 4) is 0 Å². The maximum Gasteiger partial charge on any atom is 0.274 e. The molecule has 1 heterocycles. The number of aromatic nitrogens is 2. The zero-order valence-corrected chi connectivity index (χ0v) is 15.1. The molecular formula is C20H18F2N4O. The number of anilines is 3. The summed E-state index contributed by atoms with van der Waals surface area (Å²) in [5.41, 5.74) is 3.99. The van der Waals surface area contributed by atoms with Gasteiger partial charge < -0.3 is 10.6 Å². The lowest BCUT2D eigenvalue weighted by Gasteiger charge is -2.13. The van der Waals surface area contributed by atoms with Crippen molar-refractivity contribution in [2.45, 2.75) is 20.8 Å². The van der Waals surface area contributed by atoms with Crippen LogP contribution in [0.25, 0.3) is 0 Å². The molecule has 0 bridgehead atoms. The molecule has 0 saturated heterocycles. The molecule has 3 rings (SSSR count). The molecule has 2 aromatic carbocycles. The number of benzene rings is 2. The molecule has 0 aliphatic carbocycles. The van der Waals surface area contributed by atoms with Gasteiger partial charge in [-0.1, -0.05) is 17.7 Å². The Kier molecular flexibility index (Phi) is 5.12. The number of rotatable bonds is 4. The minimum Gasteiger partial charge on any atom is -0.324 e. The molecule has 7 heteroatoms. The fraction of sp³-hybridized carbons (Fsp3) is 0.150. The van der Waals surface area contributed by atoms with Gasteiger partial charge >= 0.3 is 0 Å². The third-order valence-corrected chi connectivity index (χ3v) is 3.98. The second-order valence-electron chi connectivity index (χ2n) is 6.24. The molecule has 0 atom stereocenters. The number of hydrogen-bond donors (Lipinski definition) is 2. The predicted molar refractivity (Wildman–Crippen MR) is 100 cm³/mol. The standard InChI is InChI=1S/C20H18F2N4O/c1-11-8-12(2)18(13(3)9-11)26-20-23-7-6-17(25-20)19(27)24-16-5-4-14(21)10-15(16)22/h4-10H,1-3H3,(H,24,27)(H,23,25,26). The molecule has 0 unspecified atom stereocenters. The Morgan fingerprint density at radius 2 is 1.70 bits per heavy atom. The van der Waals surface area contributed by atoms with Gasteiger partial charge in [-0.15, -0.1) is 0 Å². The molecule has 3 aromatic rings. The molecule has 1 amide bonds. The average Bonchev–Trinajstić information content (AvgIpc) is 2.60. The van der Waals surface area contributed by atoms with Crippen LogP contribution in [0.2, 0.25) is 0 Å². The lowest BCUT2D eigenvalue weighted by Crippen LogP contribution is -2.16. The molecule has 0 aliphatic rings. The second-order valence-corrected chi connectivity index (χ2v) is 6.24. The highest BCUT2D eigenvalue weighted by atomic mass is 19.1. The first-order chi connectivity index (χ1) is 12.8. The van der Waals surface area contributed by atoms with Crippen molar-refractivity contribution in [1.82, 2.24) is 9.97 Å². The summed E-state index contributed by atoms with van der Waals surface area (Å²) in [4.78, 5) is 20.7. The number of nitrogens with one attached hydrogen (secondary N) is 2. The molecular weight excluding hydrogens is 350 g/mol. The normalized spacial score (nSPS) is 10.6. The second kappa shape index (κ2) is 7.49. The number of hydrogen-bond acceptors (Lipinski definition) is 4. The van der Waals surface area contributed by atoms with Crippen LogP contribution in [-0.2, 0) is 0 Å². The van der Waals surface area contributed by atoms with E-state index in [0.29, 0.717) is 6.07 Å². The van der Waals surface area contributed by atoms with E-state index in [4.69, 9.17) is 0 Å². The SMILES string of the molecule is Cc1cc(C)c(Nc2nccc(C(=O)Nc3ccc(F)cc3F)n2)c(C)c1. The first-order valence-electron chi connectivity index (χ1n) is 8.28. The Balaban J connectivity index is 1.82. The summed E-state index contributed by atoms with van der Waals surface area (Å²) in [6.07, 6.45) is 1.43. The number of carbonyl (C=O) groups is 1. The monoisotopic (exact) mass is 368 g/mol. The highest BCUT2D eigenvalue weighted by molar-refractivity contribution is 6.03. The Bertz CT molecular complexity index is 998. The number of halogens is 2. The Hall–Kier alpha value is -3.35. The fourth-order valence-electron chi connectivity index (χ4n) is 2.81. The molecule has 5 nitrogen and oxygen atoms in total. The van der Waals surface area contributed by atoms with Gasteiger partial charge in [0, 0.05) is 18.0 Å². The third-order valence-electron chi connectivity index (χ3n) is 3.98. The lowest BCUT2D eigenvalue weighted by molar-refractivity contribution is 0.102. The minimum atomic E-state index is -0.860. The average molecular weight is 368 g/mol.